The van der Waals surface area contributed by atoms with Crippen LogP contribution in [0.2, 0.25) is 0 Å². The molecular weight excluding hydrogens is 276 g/mol. The fraction of sp³-hybridized carbons (Fsp3) is 0.769. The fourth-order valence-corrected chi connectivity index (χ4v) is 2.28. The zero-order chi connectivity index (χ0) is 16.0. The summed E-state index contributed by atoms with van der Waals surface area (Å²) in [7, 11) is 0. The van der Waals surface area contributed by atoms with Crippen molar-refractivity contribution < 1.29 is 19.5 Å². The molecule has 120 valence electrons. The minimum absolute atomic E-state index is 0.0635. The van der Waals surface area contributed by atoms with E-state index < -0.39 is 18.0 Å². The summed E-state index contributed by atoms with van der Waals surface area (Å²) in [6.45, 7) is 8.06. The van der Waals surface area contributed by atoms with Crippen molar-refractivity contribution in [2.75, 3.05) is 32.7 Å². The van der Waals surface area contributed by atoms with Gasteiger partial charge in [0.25, 0.3) is 0 Å². The van der Waals surface area contributed by atoms with Crippen LogP contribution in [0, 0.1) is 0 Å². The fourth-order valence-electron chi connectivity index (χ4n) is 2.28. The summed E-state index contributed by atoms with van der Waals surface area (Å²) in [5.41, 5.74) is 0. The Morgan fingerprint density at radius 2 is 2.10 bits per heavy atom. The van der Waals surface area contributed by atoms with Crippen molar-refractivity contribution in [3.8, 4) is 0 Å². The van der Waals surface area contributed by atoms with Gasteiger partial charge in [-0.05, 0) is 20.0 Å². The smallest absolute Gasteiger partial charge is 0.328 e. The van der Waals surface area contributed by atoms with Gasteiger partial charge in [0.2, 0.25) is 5.91 Å². The van der Waals surface area contributed by atoms with E-state index in [2.05, 4.69) is 15.5 Å². The quantitative estimate of drug-likeness (QED) is 0.603. The number of aliphatic carboxylic acids is 1. The van der Waals surface area contributed by atoms with Crippen LogP contribution in [-0.2, 0) is 9.59 Å². The Morgan fingerprint density at radius 3 is 2.62 bits per heavy atom. The molecule has 1 fully saturated rings. The van der Waals surface area contributed by atoms with Crippen LogP contribution in [-0.4, -0.2) is 77.6 Å². The molecule has 1 saturated heterocycles. The van der Waals surface area contributed by atoms with E-state index in [-0.39, 0.29) is 25.0 Å². The number of hydrogen-bond donors (Lipinski definition) is 3. The average molecular weight is 300 g/mol. The van der Waals surface area contributed by atoms with E-state index in [1.54, 1.807) is 0 Å². The second kappa shape index (κ2) is 7.82. The van der Waals surface area contributed by atoms with Crippen LogP contribution in [0.25, 0.3) is 0 Å². The molecule has 0 aromatic rings. The van der Waals surface area contributed by atoms with Crippen molar-refractivity contribution in [2.45, 2.75) is 32.9 Å². The number of hydrogen-bond acceptors (Lipinski definition) is 4. The molecule has 0 bridgehead atoms. The molecule has 21 heavy (non-hydrogen) atoms. The monoisotopic (exact) mass is 300 g/mol. The van der Waals surface area contributed by atoms with Crippen molar-refractivity contribution in [1.82, 2.24) is 20.4 Å². The topological polar surface area (TPSA) is 102 Å². The molecule has 0 radical (unpaired) electrons. The van der Waals surface area contributed by atoms with Crippen molar-refractivity contribution in [3.05, 3.63) is 0 Å². The van der Waals surface area contributed by atoms with Gasteiger partial charge in [0.15, 0.2) is 0 Å². The molecule has 1 aliphatic rings. The summed E-state index contributed by atoms with van der Waals surface area (Å²) in [5.74, 6) is -1.47. The lowest BCUT2D eigenvalue weighted by atomic mass is 10.2. The van der Waals surface area contributed by atoms with Crippen molar-refractivity contribution in [3.63, 3.8) is 0 Å². The first-order valence-corrected chi connectivity index (χ1v) is 7.18. The summed E-state index contributed by atoms with van der Waals surface area (Å²) >= 11 is 0. The molecule has 0 saturated carbocycles. The largest absolute Gasteiger partial charge is 0.480 e. The Morgan fingerprint density at radius 1 is 1.48 bits per heavy atom. The number of nitrogens with one attached hydrogen (secondary N) is 2. The molecular formula is C13H24N4O4. The van der Waals surface area contributed by atoms with Gasteiger partial charge in [-0.25, -0.2) is 9.59 Å². The number of amides is 3. The summed E-state index contributed by atoms with van der Waals surface area (Å²) in [6, 6.07) is -1.67. The number of carbonyl (C=O) groups excluding carboxylic acids is 2. The first kappa shape index (κ1) is 17.2. The number of carbonyl (C=O) groups is 3. The zero-order valence-corrected chi connectivity index (χ0v) is 12.8. The molecule has 0 aromatic heterocycles. The molecule has 0 aromatic carbocycles. The Balaban J connectivity index is 2.62. The van der Waals surface area contributed by atoms with Gasteiger partial charge < -0.3 is 20.6 Å². The molecule has 1 aliphatic heterocycles. The Hall–Kier alpha value is -1.83. The number of urea groups is 1. The Bertz CT molecular complexity index is 398. The highest BCUT2D eigenvalue weighted by Crippen LogP contribution is 2.05. The van der Waals surface area contributed by atoms with Crippen LogP contribution in [0.4, 0.5) is 4.79 Å². The molecule has 0 spiro atoms. The van der Waals surface area contributed by atoms with E-state index in [4.69, 9.17) is 5.11 Å². The van der Waals surface area contributed by atoms with Crippen LogP contribution in [0.15, 0.2) is 0 Å². The molecule has 3 N–H and O–H groups in total. The third kappa shape index (κ3) is 4.89. The van der Waals surface area contributed by atoms with E-state index >= 15 is 0 Å². The first-order valence-electron chi connectivity index (χ1n) is 7.18. The van der Waals surface area contributed by atoms with Gasteiger partial charge in [-0.2, -0.15) is 0 Å². The number of carboxylic acids is 1. The van der Waals surface area contributed by atoms with Crippen LogP contribution < -0.4 is 10.6 Å². The summed E-state index contributed by atoms with van der Waals surface area (Å²) < 4.78 is 0. The predicted molar refractivity (Wildman–Crippen MR) is 76.9 cm³/mol. The maximum absolute atomic E-state index is 12.2. The molecule has 8 nitrogen and oxygen atoms in total. The normalized spacial score (nSPS) is 20.1. The number of piperazine rings is 1. The highest BCUT2D eigenvalue weighted by molar-refractivity contribution is 5.90. The van der Waals surface area contributed by atoms with Crippen LogP contribution in [0.5, 0.6) is 0 Å². The van der Waals surface area contributed by atoms with Crippen LogP contribution >= 0.6 is 0 Å². The van der Waals surface area contributed by atoms with Crippen molar-refractivity contribution in [2.24, 2.45) is 0 Å². The second-order valence-corrected chi connectivity index (χ2v) is 5.12. The first-order chi connectivity index (χ1) is 9.88. The second-order valence-electron chi connectivity index (χ2n) is 5.12. The summed E-state index contributed by atoms with van der Waals surface area (Å²) in [6.07, 6.45) is 0. The van der Waals surface area contributed by atoms with E-state index in [0.717, 1.165) is 18.0 Å². The van der Waals surface area contributed by atoms with E-state index in [0.29, 0.717) is 6.54 Å². The van der Waals surface area contributed by atoms with E-state index in [1.807, 2.05) is 20.8 Å². The van der Waals surface area contributed by atoms with Gasteiger partial charge >= 0.3 is 12.0 Å². The number of rotatable bonds is 6. The van der Waals surface area contributed by atoms with E-state index in [1.165, 1.54) is 0 Å². The maximum Gasteiger partial charge on any atom is 0.328 e. The molecule has 8 heteroatoms. The average Bonchev–Trinajstić information content (AvgIpc) is 2.44. The molecule has 1 heterocycles. The van der Waals surface area contributed by atoms with Gasteiger partial charge in [0, 0.05) is 19.1 Å². The maximum atomic E-state index is 12.2. The Labute approximate surface area is 124 Å². The predicted octanol–water partition coefficient (Wildman–Crippen LogP) is -0.689. The molecule has 0 aliphatic carbocycles. The molecule has 2 unspecified atom stereocenters. The lowest BCUT2D eigenvalue weighted by Crippen LogP contribution is -2.62. The minimum atomic E-state index is -1.12. The SMILES string of the molecule is CCN(CC)CC(C)NC(=O)N1CC(=O)NCC1C(=O)O. The number of carboxylic acid groups (broad SMARTS) is 1. The Kier molecular flexibility index (Phi) is 6.41. The van der Waals surface area contributed by atoms with Crippen molar-refractivity contribution in [1.29, 1.82) is 0 Å². The number of likely N-dealkylation sites (N-methyl/N-ethyl adjacent to an activating group) is 1. The zero-order valence-electron chi connectivity index (χ0n) is 12.8. The lowest BCUT2D eigenvalue weighted by Gasteiger charge is -2.34. The van der Waals surface area contributed by atoms with Gasteiger partial charge in [-0.15, -0.1) is 0 Å². The molecule has 1 rings (SSSR count). The number of nitrogens with zero attached hydrogens (tertiary/aromatic N) is 2. The standard InChI is InChI=1S/C13H24N4O4/c1-4-16(5-2)7-9(3)15-13(21)17-8-11(18)14-6-10(17)12(19)20/h9-10H,4-8H2,1-3H3,(H,14,18)(H,15,21)(H,19,20). The summed E-state index contributed by atoms with van der Waals surface area (Å²) in [5, 5.41) is 14.3. The highest BCUT2D eigenvalue weighted by Gasteiger charge is 2.35. The van der Waals surface area contributed by atoms with Gasteiger partial charge in [0.05, 0.1) is 0 Å². The third-order valence-electron chi connectivity index (χ3n) is 3.53. The van der Waals surface area contributed by atoms with Gasteiger partial charge in [-0.1, -0.05) is 13.8 Å². The molecule has 3 amide bonds. The lowest BCUT2D eigenvalue weighted by molar-refractivity contribution is -0.144. The van der Waals surface area contributed by atoms with Crippen LogP contribution in [0.1, 0.15) is 20.8 Å². The molecule has 2 atom stereocenters. The van der Waals surface area contributed by atoms with Crippen molar-refractivity contribution >= 4 is 17.9 Å². The van der Waals surface area contributed by atoms with E-state index in [9.17, 15) is 14.4 Å². The van der Waals surface area contributed by atoms with Gasteiger partial charge in [-0.3, -0.25) is 9.69 Å². The third-order valence-corrected chi connectivity index (χ3v) is 3.53. The highest BCUT2D eigenvalue weighted by atomic mass is 16.4. The van der Waals surface area contributed by atoms with Gasteiger partial charge in [0.1, 0.15) is 12.6 Å². The minimum Gasteiger partial charge on any atom is -0.480 e. The van der Waals surface area contributed by atoms with Crippen LogP contribution in [0.3, 0.4) is 0 Å². The summed E-state index contributed by atoms with van der Waals surface area (Å²) in [4.78, 5) is 37.9.